The van der Waals surface area contributed by atoms with Crippen molar-refractivity contribution < 1.29 is 0 Å². The molecule has 27 heavy (non-hydrogen) atoms. The first kappa shape index (κ1) is 19.1. The summed E-state index contributed by atoms with van der Waals surface area (Å²) in [5.41, 5.74) is 1.63. The van der Waals surface area contributed by atoms with Crippen LogP contribution >= 0.6 is 23.2 Å². The van der Waals surface area contributed by atoms with Gasteiger partial charge in [-0.05, 0) is 29.8 Å². The van der Waals surface area contributed by atoms with Crippen molar-refractivity contribution in [2.75, 3.05) is 19.4 Å². The van der Waals surface area contributed by atoms with Crippen LogP contribution in [0.1, 0.15) is 11.4 Å². The molecule has 1 N–H and O–H groups in total. The maximum atomic E-state index is 6.28. The van der Waals surface area contributed by atoms with E-state index in [1.165, 1.54) is 0 Å². The SMILES string of the molecule is CN(C)/C=N/c1nc(Cc2c(Cl)cccc2Cl)nc(Nc2ccccc2)n1. The maximum Gasteiger partial charge on any atom is 0.255 e. The van der Waals surface area contributed by atoms with E-state index in [9.17, 15) is 0 Å². The number of nitrogens with zero attached hydrogens (tertiary/aromatic N) is 5. The minimum Gasteiger partial charge on any atom is -0.369 e. The van der Waals surface area contributed by atoms with Crippen LogP contribution in [0.3, 0.4) is 0 Å². The number of aromatic nitrogens is 3. The molecule has 0 unspecified atom stereocenters. The Morgan fingerprint density at radius 2 is 1.67 bits per heavy atom. The van der Waals surface area contributed by atoms with Gasteiger partial charge >= 0.3 is 0 Å². The van der Waals surface area contributed by atoms with Gasteiger partial charge in [-0.1, -0.05) is 47.5 Å². The van der Waals surface area contributed by atoms with Crippen LogP contribution in [-0.2, 0) is 6.42 Å². The Labute approximate surface area is 167 Å². The summed E-state index contributed by atoms with van der Waals surface area (Å²) in [6, 6.07) is 15.0. The Hall–Kier alpha value is -2.70. The summed E-state index contributed by atoms with van der Waals surface area (Å²) >= 11 is 12.6. The number of nitrogens with one attached hydrogen (secondary N) is 1. The third-order valence-electron chi connectivity index (χ3n) is 3.50. The number of benzene rings is 2. The molecule has 0 fully saturated rings. The van der Waals surface area contributed by atoms with Crippen molar-refractivity contribution in [3.63, 3.8) is 0 Å². The molecule has 0 aliphatic heterocycles. The van der Waals surface area contributed by atoms with Gasteiger partial charge in [0.1, 0.15) is 5.82 Å². The molecule has 138 valence electrons. The minimum atomic E-state index is 0.301. The van der Waals surface area contributed by atoms with Gasteiger partial charge in [0, 0.05) is 36.2 Å². The van der Waals surface area contributed by atoms with Crippen molar-refractivity contribution in [3.05, 3.63) is 70.0 Å². The Balaban J connectivity index is 1.96. The molecule has 0 atom stereocenters. The van der Waals surface area contributed by atoms with Crippen LogP contribution in [-0.4, -0.2) is 40.3 Å². The van der Waals surface area contributed by atoms with Gasteiger partial charge in [0.2, 0.25) is 5.95 Å². The fraction of sp³-hybridized carbons (Fsp3) is 0.158. The van der Waals surface area contributed by atoms with Gasteiger partial charge in [0.15, 0.2) is 0 Å². The Bertz CT molecular complexity index is 924. The summed E-state index contributed by atoms with van der Waals surface area (Å²) in [4.78, 5) is 19.4. The molecule has 0 saturated carbocycles. The average molecular weight is 401 g/mol. The highest BCUT2D eigenvalue weighted by Gasteiger charge is 2.12. The van der Waals surface area contributed by atoms with Crippen LogP contribution in [0.4, 0.5) is 17.6 Å². The number of para-hydroxylation sites is 1. The van der Waals surface area contributed by atoms with Crippen molar-refractivity contribution in [2.45, 2.75) is 6.42 Å². The van der Waals surface area contributed by atoms with E-state index in [0.717, 1.165) is 11.3 Å². The fourth-order valence-corrected chi connectivity index (χ4v) is 2.81. The van der Waals surface area contributed by atoms with Gasteiger partial charge in [-0.15, -0.1) is 0 Å². The lowest BCUT2D eigenvalue weighted by molar-refractivity contribution is 0.642. The lowest BCUT2D eigenvalue weighted by atomic mass is 10.1. The van der Waals surface area contributed by atoms with E-state index in [2.05, 4.69) is 25.3 Å². The van der Waals surface area contributed by atoms with Gasteiger partial charge in [-0.25, -0.2) is 4.99 Å². The first-order valence-corrected chi connectivity index (χ1v) is 8.97. The monoisotopic (exact) mass is 400 g/mol. The smallest absolute Gasteiger partial charge is 0.255 e. The minimum absolute atomic E-state index is 0.301. The first-order valence-electron chi connectivity index (χ1n) is 8.22. The van der Waals surface area contributed by atoms with Crippen molar-refractivity contribution in [1.29, 1.82) is 0 Å². The standard InChI is InChI=1S/C19H18Cl2N6/c1-27(2)12-22-18-24-17(11-14-15(20)9-6-10-16(14)21)25-19(26-18)23-13-7-4-3-5-8-13/h3-10,12H,11H2,1-2H3,(H,23,24,25,26)/b22-12+. The Morgan fingerprint density at radius 3 is 2.33 bits per heavy atom. The molecule has 0 aliphatic carbocycles. The average Bonchev–Trinajstić information content (AvgIpc) is 2.64. The fourth-order valence-electron chi connectivity index (χ4n) is 2.28. The van der Waals surface area contributed by atoms with E-state index in [0.29, 0.717) is 34.2 Å². The van der Waals surface area contributed by atoms with Gasteiger partial charge in [-0.2, -0.15) is 15.0 Å². The highest BCUT2D eigenvalue weighted by atomic mass is 35.5. The number of hydrogen-bond acceptors (Lipinski definition) is 5. The number of halogens is 2. The van der Waals surface area contributed by atoms with Gasteiger partial charge in [0.25, 0.3) is 5.95 Å². The van der Waals surface area contributed by atoms with Crippen molar-refractivity contribution in [2.24, 2.45) is 4.99 Å². The number of anilines is 2. The topological polar surface area (TPSA) is 66.3 Å². The van der Waals surface area contributed by atoms with Crippen molar-refractivity contribution >= 4 is 47.1 Å². The van der Waals surface area contributed by atoms with Crippen LogP contribution in [0, 0.1) is 0 Å². The summed E-state index contributed by atoms with van der Waals surface area (Å²) < 4.78 is 0. The molecular formula is C19H18Cl2N6. The van der Waals surface area contributed by atoms with Crippen LogP contribution in [0.2, 0.25) is 10.0 Å². The van der Waals surface area contributed by atoms with Crippen LogP contribution in [0.5, 0.6) is 0 Å². The first-order chi connectivity index (χ1) is 13.0. The van der Waals surface area contributed by atoms with E-state index in [-0.39, 0.29) is 0 Å². The number of aliphatic imine (C=N–C) groups is 1. The quantitative estimate of drug-likeness (QED) is 0.478. The summed E-state index contributed by atoms with van der Waals surface area (Å²) in [5.74, 6) is 1.22. The molecule has 0 saturated heterocycles. The lowest BCUT2D eigenvalue weighted by Crippen LogP contribution is -2.08. The number of hydrogen-bond donors (Lipinski definition) is 1. The third kappa shape index (κ3) is 5.39. The predicted octanol–water partition coefficient (Wildman–Crippen LogP) is 4.73. The summed E-state index contributed by atoms with van der Waals surface area (Å²) in [6.45, 7) is 0. The zero-order valence-corrected chi connectivity index (χ0v) is 16.4. The predicted molar refractivity (Wildman–Crippen MR) is 111 cm³/mol. The molecule has 6 nitrogen and oxygen atoms in total. The molecule has 0 aliphatic rings. The molecule has 3 aromatic rings. The van der Waals surface area contributed by atoms with Crippen LogP contribution < -0.4 is 5.32 Å². The van der Waals surface area contributed by atoms with E-state index >= 15 is 0 Å². The normalized spacial score (nSPS) is 11.0. The van der Waals surface area contributed by atoms with Crippen LogP contribution in [0.15, 0.2) is 53.5 Å². The molecule has 0 amide bonds. The number of rotatable bonds is 6. The van der Waals surface area contributed by atoms with E-state index in [1.54, 1.807) is 29.4 Å². The van der Waals surface area contributed by atoms with Gasteiger partial charge in [-0.3, -0.25) is 0 Å². The summed E-state index contributed by atoms with van der Waals surface area (Å²) in [6.07, 6.45) is 2.00. The molecule has 2 aromatic carbocycles. The summed E-state index contributed by atoms with van der Waals surface area (Å²) in [7, 11) is 3.75. The van der Waals surface area contributed by atoms with E-state index < -0.39 is 0 Å². The molecule has 0 spiro atoms. The summed E-state index contributed by atoms with van der Waals surface area (Å²) in [5, 5.41) is 4.31. The molecule has 0 radical (unpaired) electrons. The zero-order valence-electron chi connectivity index (χ0n) is 14.9. The third-order valence-corrected chi connectivity index (χ3v) is 4.21. The van der Waals surface area contributed by atoms with E-state index in [4.69, 9.17) is 23.2 Å². The molecule has 3 rings (SSSR count). The highest BCUT2D eigenvalue weighted by Crippen LogP contribution is 2.26. The molecule has 8 heteroatoms. The largest absolute Gasteiger partial charge is 0.369 e. The Morgan fingerprint density at radius 1 is 0.963 bits per heavy atom. The van der Waals surface area contributed by atoms with Crippen LogP contribution in [0.25, 0.3) is 0 Å². The molecular weight excluding hydrogens is 383 g/mol. The lowest BCUT2D eigenvalue weighted by Gasteiger charge is -2.09. The second-order valence-corrected chi connectivity index (χ2v) is 6.77. The van der Waals surface area contributed by atoms with Gasteiger partial charge < -0.3 is 10.2 Å². The molecule has 1 heterocycles. The molecule has 1 aromatic heterocycles. The molecule has 0 bridgehead atoms. The second-order valence-electron chi connectivity index (χ2n) is 5.95. The maximum absolute atomic E-state index is 6.28. The van der Waals surface area contributed by atoms with Gasteiger partial charge in [0.05, 0.1) is 6.34 Å². The van der Waals surface area contributed by atoms with E-state index in [1.807, 2.05) is 44.4 Å². The van der Waals surface area contributed by atoms with Crippen molar-refractivity contribution in [3.8, 4) is 0 Å². The van der Waals surface area contributed by atoms with Crippen molar-refractivity contribution in [1.82, 2.24) is 19.9 Å². The Kier molecular flexibility index (Phi) is 6.21. The zero-order chi connectivity index (χ0) is 19.2. The second kappa shape index (κ2) is 8.79. The highest BCUT2D eigenvalue weighted by molar-refractivity contribution is 6.36.